The Bertz CT molecular complexity index is 426. The van der Waals surface area contributed by atoms with Gasteiger partial charge in [-0.25, -0.2) is 0 Å². The SMILES string of the molecule is CC(C)(CCCc1ccc(CC#N)s1)[Si](C)(C)O. The number of hydrogen-bond acceptors (Lipinski definition) is 3. The summed E-state index contributed by atoms with van der Waals surface area (Å²) in [5.74, 6) is 0. The summed E-state index contributed by atoms with van der Waals surface area (Å²) >= 11 is 1.74. The number of hydrogen-bond donors (Lipinski definition) is 1. The Hall–Kier alpha value is -0.633. The molecule has 0 spiro atoms. The molecule has 0 unspecified atom stereocenters. The van der Waals surface area contributed by atoms with E-state index in [1.165, 1.54) is 4.88 Å². The largest absolute Gasteiger partial charge is 0.432 e. The summed E-state index contributed by atoms with van der Waals surface area (Å²) in [6, 6.07) is 6.37. The Morgan fingerprint density at radius 1 is 1.33 bits per heavy atom. The summed E-state index contributed by atoms with van der Waals surface area (Å²) < 4.78 is 0. The highest BCUT2D eigenvalue weighted by Crippen LogP contribution is 2.40. The second-order valence-electron chi connectivity index (χ2n) is 6.00. The van der Waals surface area contributed by atoms with Gasteiger partial charge in [0.2, 0.25) is 0 Å². The summed E-state index contributed by atoms with van der Waals surface area (Å²) in [6.07, 6.45) is 3.75. The minimum absolute atomic E-state index is 0.0692. The fourth-order valence-corrected chi connectivity index (χ4v) is 3.52. The highest BCUT2D eigenvalue weighted by molar-refractivity contribution is 7.12. The molecule has 1 rings (SSSR count). The van der Waals surface area contributed by atoms with Crippen molar-refractivity contribution < 1.29 is 4.80 Å². The van der Waals surface area contributed by atoms with Gasteiger partial charge in [0, 0.05) is 9.75 Å². The van der Waals surface area contributed by atoms with Gasteiger partial charge in [-0.1, -0.05) is 13.8 Å². The predicted molar refractivity (Wildman–Crippen MR) is 80.3 cm³/mol. The molecule has 0 atom stereocenters. The Morgan fingerprint density at radius 3 is 2.50 bits per heavy atom. The molecule has 0 radical (unpaired) electrons. The fraction of sp³-hybridized carbons (Fsp3) is 0.643. The van der Waals surface area contributed by atoms with Crippen LogP contribution in [0.1, 0.15) is 36.4 Å². The fourth-order valence-electron chi connectivity index (χ4n) is 1.74. The smallest absolute Gasteiger partial charge is 0.188 e. The van der Waals surface area contributed by atoms with Gasteiger partial charge in [0.1, 0.15) is 0 Å². The molecule has 1 aromatic heterocycles. The second kappa shape index (κ2) is 6.01. The minimum Gasteiger partial charge on any atom is -0.432 e. The number of thiophene rings is 1. The van der Waals surface area contributed by atoms with Gasteiger partial charge in [-0.05, 0) is 49.5 Å². The number of nitrogens with zero attached hydrogens (tertiary/aromatic N) is 1. The van der Waals surface area contributed by atoms with E-state index >= 15 is 0 Å². The van der Waals surface area contributed by atoms with Crippen molar-refractivity contribution in [3.05, 3.63) is 21.9 Å². The first-order chi connectivity index (χ1) is 8.26. The molecule has 0 saturated carbocycles. The van der Waals surface area contributed by atoms with Crippen molar-refractivity contribution in [2.24, 2.45) is 0 Å². The summed E-state index contributed by atoms with van der Waals surface area (Å²) in [6.45, 7) is 8.38. The van der Waals surface area contributed by atoms with E-state index in [2.05, 4.69) is 32.0 Å². The van der Waals surface area contributed by atoms with Crippen LogP contribution >= 0.6 is 11.3 Å². The quantitative estimate of drug-likeness (QED) is 0.797. The third kappa shape index (κ3) is 4.24. The van der Waals surface area contributed by atoms with Crippen LogP contribution < -0.4 is 0 Å². The van der Waals surface area contributed by atoms with E-state index in [4.69, 9.17) is 5.26 Å². The van der Waals surface area contributed by atoms with E-state index in [-0.39, 0.29) is 5.04 Å². The summed E-state index contributed by atoms with van der Waals surface area (Å²) in [7, 11) is -2.07. The monoisotopic (exact) mass is 281 g/mol. The van der Waals surface area contributed by atoms with Gasteiger partial charge in [0.25, 0.3) is 0 Å². The molecule has 0 fully saturated rings. The lowest BCUT2D eigenvalue weighted by atomic mass is 10.0. The van der Waals surface area contributed by atoms with E-state index < -0.39 is 8.32 Å². The highest BCUT2D eigenvalue weighted by atomic mass is 32.1. The zero-order valence-electron chi connectivity index (χ0n) is 11.8. The first kappa shape index (κ1) is 15.4. The third-order valence-electron chi connectivity index (χ3n) is 3.85. The Labute approximate surface area is 115 Å². The van der Waals surface area contributed by atoms with E-state index in [0.717, 1.165) is 24.1 Å². The molecule has 0 amide bonds. The summed E-state index contributed by atoms with van der Waals surface area (Å²) in [5.41, 5.74) is 0. The van der Waals surface area contributed by atoms with Gasteiger partial charge in [-0.15, -0.1) is 11.3 Å². The van der Waals surface area contributed by atoms with Crippen molar-refractivity contribution >= 4 is 19.7 Å². The average molecular weight is 281 g/mol. The first-order valence-corrected chi connectivity index (χ1v) is 10.2. The number of nitriles is 1. The lowest BCUT2D eigenvalue weighted by Crippen LogP contribution is -2.38. The van der Waals surface area contributed by atoms with Crippen LogP contribution in [-0.2, 0) is 12.8 Å². The zero-order chi connectivity index (χ0) is 13.8. The van der Waals surface area contributed by atoms with E-state index in [9.17, 15) is 4.80 Å². The van der Waals surface area contributed by atoms with E-state index in [0.29, 0.717) is 6.42 Å². The predicted octanol–water partition coefficient (Wildman–Crippen LogP) is 4.11. The molecular formula is C14H23NOSSi. The molecule has 0 aliphatic carbocycles. The molecule has 0 aromatic carbocycles. The van der Waals surface area contributed by atoms with E-state index in [1.807, 2.05) is 13.1 Å². The van der Waals surface area contributed by atoms with Crippen LogP contribution in [0.5, 0.6) is 0 Å². The molecule has 1 N–H and O–H groups in total. The maximum Gasteiger partial charge on any atom is 0.188 e. The van der Waals surface area contributed by atoms with Crippen LogP contribution in [0.15, 0.2) is 12.1 Å². The van der Waals surface area contributed by atoms with E-state index in [1.54, 1.807) is 11.3 Å². The van der Waals surface area contributed by atoms with Crippen molar-refractivity contribution in [2.75, 3.05) is 0 Å². The van der Waals surface area contributed by atoms with Crippen molar-refractivity contribution in [3.8, 4) is 6.07 Å². The van der Waals surface area contributed by atoms with Crippen LogP contribution in [0.25, 0.3) is 0 Å². The molecule has 2 nitrogen and oxygen atoms in total. The van der Waals surface area contributed by atoms with Crippen molar-refractivity contribution in [3.63, 3.8) is 0 Å². The summed E-state index contributed by atoms with van der Waals surface area (Å²) in [5, 5.41) is 8.70. The van der Waals surface area contributed by atoms with Crippen molar-refractivity contribution in [2.45, 2.75) is 57.7 Å². The van der Waals surface area contributed by atoms with Gasteiger partial charge in [-0.3, -0.25) is 0 Å². The molecule has 0 aliphatic rings. The number of rotatable bonds is 6. The van der Waals surface area contributed by atoms with Crippen molar-refractivity contribution in [1.29, 1.82) is 5.26 Å². The molecule has 18 heavy (non-hydrogen) atoms. The molecular weight excluding hydrogens is 258 g/mol. The molecule has 100 valence electrons. The maximum absolute atomic E-state index is 10.2. The third-order valence-corrected chi connectivity index (χ3v) is 8.56. The Morgan fingerprint density at radius 2 is 1.94 bits per heavy atom. The lowest BCUT2D eigenvalue weighted by molar-refractivity contribution is 0.443. The number of aryl methyl sites for hydroxylation is 1. The topological polar surface area (TPSA) is 44.0 Å². The van der Waals surface area contributed by atoms with Crippen LogP contribution in [0.2, 0.25) is 18.1 Å². The van der Waals surface area contributed by atoms with Crippen LogP contribution in [0.4, 0.5) is 0 Å². The van der Waals surface area contributed by atoms with Gasteiger partial charge in [0.05, 0.1) is 12.5 Å². The van der Waals surface area contributed by atoms with Crippen LogP contribution in [0, 0.1) is 11.3 Å². The maximum atomic E-state index is 10.2. The minimum atomic E-state index is -2.07. The van der Waals surface area contributed by atoms with Gasteiger partial charge in [-0.2, -0.15) is 5.26 Å². The zero-order valence-corrected chi connectivity index (χ0v) is 13.6. The molecule has 0 bridgehead atoms. The first-order valence-electron chi connectivity index (χ1n) is 6.43. The molecule has 1 heterocycles. The van der Waals surface area contributed by atoms with Gasteiger partial charge in [0.15, 0.2) is 8.32 Å². The second-order valence-corrected chi connectivity index (χ2v) is 11.7. The average Bonchev–Trinajstić information content (AvgIpc) is 2.64. The van der Waals surface area contributed by atoms with Gasteiger partial charge < -0.3 is 4.80 Å². The normalized spacial score (nSPS) is 12.4. The molecule has 0 saturated heterocycles. The van der Waals surface area contributed by atoms with Crippen molar-refractivity contribution in [1.82, 2.24) is 0 Å². The standard InChI is InChI=1S/C14H23NOSSi/c1-14(2,18(3,4)16)10-5-6-12-7-8-13(17-12)9-11-15/h7-8,16H,5-6,9-10H2,1-4H3. The van der Waals surface area contributed by atoms with Crippen LogP contribution in [-0.4, -0.2) is 13.1 Å². The molecule has 0 aliphatic heterocycles. The highest BCUT2D eigenvalue weighted by Gasteiger charge is 2.37. The van der Waals surface area contributed by atoms with Crippen LogP contribution in [0.3, 0.4) is 0 Å². The lowest BCUT2D eigenvalue weighted by Gasteiger charge is -2.35. The Balaban J connectivity index is 2.44. The van der Waals surface area contributed by atoms with Gasteiger partial charge >= 0.3 is 0 Å². The Kier molecular flexibility index (Phi) is 5.15. The molecule has 4 heteroatoms. The summed E-state index contributed by atoms with van der Waals surface area (Å²) in [4.78, 5) is 12.7. The molecule has 1 aromatic rings.